The number of hydrogen-bond acceptors (Lipinski definition) is 4. The van der Waals surface area contributed by atoms with Crippen LogP contribution in [0.25, 0.3) is 12.3 Å². The fourth-order valence-electron chi connectivity index (χ4n) is 2.39. The molecule has 1 aromatic carbocycles. The molecule has 0 aliphatic heterocycles. The molecule has 0 N–H and O–H groups in total. The molecular weight excluding hydrogens is 396 g/mol. The number of ether oxygens (including phenoxy) is 2. The molecule has 5 nitrogen and oxygen atoms in total. The van der Waals surface area contributed by atoms with Gasteiger partial charge in [-0.25, -0.2) is 0 Å². The fraction of sp³-hybridized carbons (Fsp3) is 0.278. The number of nitrogens with zero attached hydrogens (tertiary/aromatic N) is 1. The highest BCUT2D eigenvalue weighted by atomic mass is 33.1. The summed E-state index contributed by atoms with van der Waals surface area (Å²) in [5.74, 6) is -0.331. The van der Waals surface area contributed by atoms with Crippen molar-refractivity contribution in [1.82, 2.24) is 4.57 Å². The molecule has 0 fully saturated rings. The van der Waals surface area contributed by atoms with Gasteiger partial charge in [0, 0.05) is 36.0 Å². The summed E-state index contributed by atoms with van der Waals surface area (Å²) in [7, 11) is -2.80. The molecule has 0 bridgehead atoms. The molecule has 0 radical (unpaired) electrons. The lowest BCUT2D eigenvalue weighted by molar-refractivity contribution is -0.0512. The van der Waals surface area contributed by atoms with Crippen molar-refractivity contribution >= 4 is 32.9 Å². The third-order valence-electron chi connectivity index (χ3n) is 3.52. The maximum atomic E-state index is 12.6. The van der Waals surface area contributed by atoms with E-state index >= 15 is 0 Å². The normalized spacial score (nSPS) is 12.6. The predicted molar refractivity (Wildman–Crippen MR) is 108 cm³/mol. The first kappa shape index (κ1) is 21.2. The molecule has 0 spiro atoms. The van der Waals surface area contributed by atoms with Crippen LogP contribution in [-0.2, 0) is 8.96 Å². The zero-order valence-electron chi connectivity index (χ0n) is 15.1. The van der Waals surface area contributed by atoms with Gasteiger partial charge < -0.3 is 14.0 Å². The molecule has 0 atom stereocenters. The van der Waals surface area contributed by atoms with Gasteiger partial charge in [-0.15, -0.1) is 11.7 Å². The van der Waals surface area contributed by atoms with Crippen LogP contribution in [0.3, 0.4) is 0 Å². The number of pyridine rings is 1. The highest BCUT2D eigenvalue weighted by molar-refractivity contribution is 8.68. The molecule has 2 rings (SSSR count). The first-order chi connectivity index (χ1) is 12.5. The van der Waals surface area contributed by atoms with Crippen molar-refractivity contribution in [2.45, 2.75) is 20.5 Å². The maximum absolute atomic E-state index is 12.6. The van der Waals surface area contributed by atoms with Gasteiger partial charge in [-0.2, -0.15) is 8.78 Å². The summed E-state index contributed by atoms with van der Waals surface area (Å²) in [6, 6.07) is 7.46. The van der Waals surface area contributed by atoms with Crippen molar-refractivity contribution in [2.24, 2.45) is 0 Å². The standard InChI is InChI=1S/C18H21F2NO4S2/c1-12-8-15(22)9-13(2)21(12)7-6-14-4-5-16(25-18(19)20)17(10-14)24-11-27(3,23)26/h4-10,18,27H,11H2,1-3H3,(H,23,26)/b7-6+. The number of aryl methyl sites for hydroxylation is 2. The Morgan fingerprint density at radius 3 is 2.37 bits per heavy atom. The Labute approximate surface area is 161 Å². The van der Waals surface area contributed by atoms with Crippen LogP contribution in [-0.4, -0.2) is 27.6 Å². The number of halogens is 2. The van der Waals surface area contributed by atoms with Gasteiger partial charge in [-0.1, -0.05) is 6.07 Å². The van der Waals surface area contributed by atoms with Gasteiger partial charge in [0.05, 0.1) is 0 Å². The minimum atomic E-state index is -3.01. The number of alkyl halides is 2. The number of rotatable bonds is 7. The van der Waals surface area contributed by atoms with Crippen LogP contribution in [0, 0.1) is 13.8 Å². The second-order valence-electron chi connectivity index (χ2n) is 6.07. The number of thiol groups is 2. The lowest BCUT2D eigenvalue weighted by Crippen LogP contribution is -2.13. The molecule has 1 heterocycles. The first-order valence-corrected chi connectivity index (χ1v) is 11.4. The van der Waals surface area contributed by atoms with Crippen molar-refractivity contribution in [1.29, 1.82) is 0 Å². The molecule has 0 saturated heterocycles. The second-order valence-corrected chi connectivity index (χ2v) is 11.0. The SMILES string of the molecule is Cc1cc(=O)cc(C)n1/C=C/c1ccc(OC(F)F)c(OC[SH](C)(=O)S)c1. The van der Waals surface area contributed by atoms with Gasteiger partial charge in [-0.05, 0) is 46.6 Å². The summed E-state index contributed by atoms with van der Waals surface area (Å²) in [6.45, 7) is 0.598. The quantitative estimate of drug-likeness (QED) is 0.535. The number of hydrogen-bond donors (Lipinski definition) is 2. The van der Waals surface area contributed by atoms with E-state index in [1.165, 1.54) is 30.5 Å². The molecule has 2 aromatic rings. The highest BCUT2D eigenvalue weighted by Gasteiger charge is 2.13. The van der Waals surface area contributed by atoms with Crippen molar-refractivity contribution < 1.29 is 22.5 Å². The van der Waals surface area contributed by atoms with Crippen molar-refractivity contribution in [3.63, 3.8) is 0 Å². The minimum absolute atomic E-state index is 0.0434. The van der Waals surface area contributed by atoms with Crippen LogP contribution in [0.15, 0.2) is 35.1 Å². The molecule has 0 unspecified atom stereocenters. The number of benzene rings is 1. The molecule has 148 valence electrons. The van der Waals surface area contributed by atoms with Crippen LogP contribution >= 0.6 is 11.7 Å². The zero-order chi connectivity index (χ0) is 20.2. The predicted octanol–water partition coefficient (Wildman–Crippen LogP) is 3.52. The molecule has 1 aromatic heterocycles. The minimum Gasteiger partial charge on any atom is -0.478 e. The summed E-state index contributed by atoms with van der Waals surface area (Å²) in [5.41, 5.74) is 2.09. The first-order valence-electron chi connectivity index (χ1n) is 7.94. The lowest BCUT2D eigenvalue weighted by atomic mass is 10.2. The average Bonchev–Trinajstić information content (AvgIpc) is 2.52. The van der Waals surface area contributed by atoms with E-state index in [0.717, 1.165) is 11.4 Å². The Kier molecular flexibility index (Phi) is 6.83. The van der Waals surface area contributed by atoms with Gasteiger partial charge >= 0.3 is 6.61 Å². The summed E-state index contributed by atoms with van der Waals surface area (Å²) in [6.07, 6.45) is 4.89. The van der Waals surface area contributed by atoms with Crippen molar-refractivity contribution in [2.75, 3.05) is 12.2 Å². The number of aromatic nitrogens is 1. The molecule has 0 aliphatic rings. The topological polar surface area (TPSA) is 57.5 Å². The van der Waals surface area contributed by atoms with Crippen LogP contribution in [0.1, 0.15) is 17.0 Å². The molecule has 27 heavy (non-hydrogen) atoms. The van der Waals surface area contributed by atoms with Gasteiger partial charge in [0.2, 0.25) is 0 Å². The summed E-state index contributed by atoms with van der Waals surface area (Å²) in [4.78, 5) is 11.5. The van der Waals surface area contributed by atoms with Crippen LogP contribution < -0.4 is 14.9 Å². The van der Waals surface area contributed by atoms with Gasteiger partial charge in [0.15, 0.2) is 16.9 Å². The largest absolute Gasteiger partial charge is 0.478 e. The van der Waals surface area contributed by atoms with Crippen molar-refractivity contribution in [3.05, 3.63) is 57.5 Å². The maximum Gasteiger partial charge on any atom is 0.387 e. The van der Waals surface area contributed by atoms with Crippen LogP contribution in [0.2, 0.25) is 0 Å². The average molecular weight is 417 g/mol. The molecule has 0 aliphatic carbocycles. The Morgan fingerprint density at radius 1 is 1.19 bits per heavy atom. The van der Waals surface area contributed by atoms with E-state index in [2.05, 4.69) is 16.4 Å². The van der Waals surface area contributed by atoms with Crippen LogP contribution in [0.5, 0.6) is 11.5 Å². The Balaban J connectivity index is 2.34. The van der Waals surface area contributed by atoms with E-state index in [9.17, 15) is 17.8 Å². The molecule has 0 saturated carbocycles. The Hall–Kier alpha value is -2.13. The van der Waals surface area contributed by atoms with E-state index in [4.69, 9.17) is 4.74 Å². The third kappa shape index (κ3) is 6.51. The molecular formula is C18H21F2NO4S2. The third-order valence-corrected chi connectivity index (χ3v) is 4.48. The van der Waals surface area contributed by atoms with E-state index in [1.54, 1.807) is 32.2 Å². The van der Waals surface area contributed by atoms with Gasteiger partial charge in [0.25, 0.3) is 0 Å². The summed E-state index contributed by atoms with van der Waals surface area (Å²) in [5, 5.41) is 0. The fourth-order valence-corrected chi connectivity index (χ4v) is 2.94. The molecule has 0 amide bonds. The van der Waals surface area contributed by atoms with Crippen molar-refractivity contribution in [3.8, 4) is 11.5 Å². The van der Waals surface area contributed by atoms with E-state index in [1.807, 2.05) is 4.57 Å². The summed E-state index contributed by atoms with van der Waals surface area (Å²) < 4.78 is 48.5. The smallest absolute Gasteiger partial charge is 0.387 e. The van der Waals surface area contributed by atoms with E-state index < -0.39 is 15.6 Å². The second kappa shape index (κ2) is 8.71. The van der Waals surface area contributed by atoms with Gasteiger partial charge in [-0.3, -0.25) is 9.00 Å². The Morgan fingerprint density at radius 2 is 1.81 bits per heavy atom. The lowest BCUT2D eigenvalue weighted by Gasteiger charge is -2.16. The molecule has 9 heteroatoms. The monoisotopic (exact) mass is 417 g/mol. The summed E-state index contributed by atoms with van der Waals surface area (Å²) >= 11 is 3.93. The highest BCUT2D eigenvalue weighted by Crippen LogP contribution is 2.31. The van der Waals surface area contributed by atoms with E-state index in [-0.39, 0.29) is 22.9 Å². The Bertz CT molecular complexity index is 925. The van der Waals surface area contributed by atoms with E-state index in [0.29, 0.717) is 5.56 Å². The van der Waals surface area contributed by atoms with Gasteiger partial charge in [0.1, 0.15) is 5.94 Å². The zero-order valence-corrected chi connectivity index (χ0v) is 16.8. The van der Waals surface area contributed by atoms with Crippen LogP contribution in [0.4, 0.5) is 8.78 Å².